The van der Waals surface area contributed by atoms with Gasteiger partial charge in [-0.15, -0.1) is 0 Å². The number of carbonyl (C=O) groups excluding carboxylic acids is 6. The van der Waals surface area contributed by atoms with Gasteiger partial charge >= 0.3 is 36.2 Å². The molecule has 0 aromatic heterocycles. The van der Waals surface area contributed by atoms with Crippen LogP contribution in [0.4, 0.5) is 28.8 Å². The Balaban J connectivity index is 0.000000480. The van der Waals surface area contributed by atoms with E-state index in [0.29, 0.717) is 84.6 Å². The first kappa shape index (κ1) is 73.6. The fourth-order valence-corrected chi connectivity index (χ4v) is 12.4. The lowest BCUT2D eigenvalue weighted by atomic mass is 10.0. The Hall–Kier alpha value is -4.38. The molecule has 0 aromatic carbocycles. The van der Waals surface area contributed by atoms with Crippen LogP contribution in [0.1, 0.15) is 222 Å². The molecule has 6 aliphatic rings. The van der Waals surface area contributed by atoms with E-state index in [4.69, 9.17) is 0 Å². The van der Waals surface area contributed by atoms with Crippen LogP contribution in [0.2, 0.25) is 0 Å². The number of amides is 12. The minimum absolute atomic E-state index is 0.0322. The molecule has 468 valence electrons. The van der Waals surface area contributed by atoms with Crippen LogP contribution in [0.5, 0.6) is 0 Å². The third kappa shape index (κ3) is 18.3. The summed E-state index contributed by atoms with van der Waals surface area (Å²) in [6.45, 7) is 71.7. The quantitative estimate of drug-likeness (QED) is 0.190. The first-order valence-electron chi connectivity index (χ1n) is 30.9. The van der Waals surface area contributed by atoms with Gasteiger partial charge in [0.15, 0.2) is 0 Å². The topological polar surface area (TPSA) is 141 Å². The number of urea groups is 6. The number of hydrogen-bond donors (Lipinski definition) is 0. The summed E-state index contributed by atoms with van der Waals surface area (Å²) in [4.78, 5) is 94.9. The molecule has 18 heteroatoms. The van der Waals surface area contributed by atoms with Crippen LogP contribution in [-0.2, 0) is 0 Å². The van der Waals surface area contributed by atoms with Crippen LogP contribution >= 0.6 is 0 Å². The van der Waals surface area contributed by atoms with Gasteiger partial charge in [0.1, 0.15) is 0 Å². The molecule has 6 rings (SSSR count). The SMILES string of the molecule is CC(C)N1CC(C)(C)N(C(C)C)C1=O.CC(C)N1CC(C)(C)N(C(C)C)C1=O.CC(C)N1C[C@@H](C)N(C(C)C)C1=O.CC(C)N1C[C@@H](C)N(C(C)C)C1=O.CC(C)N1C[C@H](C)N(C(C)C)C1=O.CC(C)N1C[C@H](C)N(C(C)C)C1=O. The Labute approximate surface area is 490 Å². The molecule has 0 N–H and O–H groups in total. The molecule has 6 fully saturated rings. The van der Waals surface area contributed by atoms with Crippen molar-refractivity contribution in [2.24, 2.45) is 0 Å². The zero-order valence-corrected chi connectivity index (χ0v) is 57.3. The summed E-state index contributed by atoms with van der Waals surface area (Å²) < 4.78 is 0. The second-order valence-corrected chi connectivity index (χ2v) is 28.1. The summed E-state index contributed by atoms with van der Waals surface area (Å²) in [6, 6.07) is 6.22. The van der Waals surface area contributed by atoms with Gasteiger partial charge in [0, 0.05) is 136 Å². The van der Waals surface area contributed by atoms with E-state index >= 15 is 0 Å². The fraction of sp³-hybridized carbons (Fsp3) is 0.903. The molecule has 0 unspecified atom stereocenters. The van der Waals surface area contributed by atoms with Gasteiger partial charge in [-0.05, 0) is 222 Å². The second kappa shape index (κ2) is 30.3. The van der Waals surface area contributed by atoms with Gasteiger partial charge in [0.2, 0.25) is 0 Å². The highest BCUT2D eigenvalue weighted by Gasteiger charge is 2.47. The van der Waals surface area contributed by atoms with Crippen LogP contribution in [0.25, 0.3) is 0 Å². The molecule has 0 saturated carbocycles. The van der Waals surface area contributed by atoms with Crippen molar-refractivity contribution >= 4 is 36.2 Å². The summed E-state index contributed by atoms with van der Waals surface area (Å²) >= 11 is 0. The number of carbonyl (C=O) groups is 6. The van der Waals surface area contributed by atoms with Crippen molar-refractivity contribution in [1.29, 1.82) is 0 Å². The predicted octanol–water partition coefficient (Wildman–Crippen LogP) is 12.4. The molecule has 0 radical (unpaired) electrons. The maximum Gasteiger partial charge on any atom is 0.321 e. The van der Waals surface area contributed by atoms with E-state index in [-0.39, 0.29) is 59.3 Å². The van der Waals surface area contributed by atoms with Crippen LogP contribution in [0, 0.1) is 0 Å². The minimum atomic E-state index is -0.0322. The van der Waals surface area contributed by atoms with Gasteiger partial charge in [-0.25, -0.2) is 28.8 Å². The van der Waals surface area contributed by atoms with E-state index in [9.17, 15) is 28.8 Å². The van der Waals surface area contributed by atoms with Gasteiger partial charge in [0.05, 0.1) is 11.1 Å². The van der Waals surface area contributed by atoms with Gasteiger partial charge in [-0.2, -0.15) is 0 Å². The van der Waals surface area contributed by atoms with Crippen molar-refractivity contribution in [2.45, 2.75) is 329 Å². The number of rotatable bonds is 12. The first-order chi connectivity index (χ1) is 36.3. The first-order valence-corrected chi connectivity index (χ1v) is 30.9. The summed E-state index contributed by atoms with van der Waals surface area (Å²) in [5.41, 5.74) is -0.0644. The molecule has 0 spiro atoms. The molecular formula is C62H124N12O6. The van der Waals surface area contributed by atoms with Crippen LogP contribution in [0.15, 0.2) is 0 Å². The van der Waals surface area contributed by atoms with Crippen molar-refractivity contribution in [2.75, 3.05) is 39.3 Å². The van der Waals surface area contributed by atoms with E-state index in [2.05, 4.69) is 222 Å². The molecule has 6 aliphatic heterocycles. The minimum Gasteiger partial charge on any atom is -0.320 e. The molecule has 80 heavy (non-hydrogen) atoms. The normalized spacial score (nSPS) is 23.1. The van der Waals surface area contributed by atoms with E-state index in [1.165, 1.54) is 0 Å². The summed E-state index contributed by atoms with van der Waals surface area (Å²) in [5.74, 6) is 0. The smallest absolute Gasteiger partial charge is 0.320 e. The highest BCUT2D eigenvalue weighted by Crippen LogP contribution is 2.31. The highest BCUT2D eigenvalue weighted by molar-refractivity contribution is 5.80. The lowest BCUT2D eigenvalue weighted by Gasteiger charge is -2.33. The largest absolute Gasteiger partial charge is 0.321 e. The Morgan fingerprint density at radius 3 is 0.500 bits per heavy atom. The number of hydrogen-bond acceptors (Lipinski definition) is 6. The maximum absolute atomic E-state index is 12.1. The summed E-state index contributed by atoms with van der Waals surface area (Å²) in [6.07, 6.45) is 0. The van der Waals surface area contributed by atoms with Crippen LogP contribution in [-0.4, -0.2) is 242 Å². The second-order valence-electron chi connectivity index (χ2n) is 28.1. The Morgan fingerprint density at radius 1 is 0.263 bits per heavy atom. The fourth-order valence-electron chi connectivity index (χ4n) is 12.4. The lowest BCUT2D eigenvalue weighted by molar-refractivity contribution is 0.147. The van der Waals surface area contributed by atoms with Crippen molar-refractivity contribution < 1.29 is 28.8 Å². The maximum atomic E-state index is 12.1. The Morgan fingerprint density at radius 2 is 0.425 bits per heavy atom. The van der Waals surface area contributed by atoms with Gasteiger partial charge < -0.3 is 58.8 Å². The molecule has 6 heterocycles. The average Bonchev–Trinajstić information content (AvgIpc) is 4.08. The number of nitrogens with zero attached hydrogens (tertiary/aromatic N) is 12. The lowest BCUT2D eigenvalue weighted by Crippen LogP contribution is -2.46. The van der Waals surface area contributed by atoms with Crippen molar-refractivity contribution in [1.82, 2.24) is 58.8 Å². The monoisotopic (exact) mass is 1130 g/mol. The molecule has 0 aromatic rings. The Bertz CT molecular complexity index is 1760. The van der Waals surface area contributed by atoms with E-state index in [1.54, 1.807) is 0 Å². The molecule has 0 bridgehead atoms. The van der Waals surface area contributed by atoms with Crippen molar-refractivity contribution in [3.63, 3.8) is 0 Å². The zero-order valence-electron chi connectivity index (χ0n) is 57.3. The third-order valence-corrected chi connectivity index (χ3v) is 15.9. The van der Waals surface area contributed by atoms with Crippen LogP contribution in [0.3, 0.4) is 0 Å². The molecule has 12 amide bonds. The molecule has 0 aliphatic carbocycles. The molecule has 6 saturated heterocycles. The standard InChI is InChI=1S/2C11H22N2O.4C10H20N2O/c2*1-8(2)12-7-11(5,6)13(9(3)4)10(12)14;4*1-7(2)11-6-9(5)12(8(3)4)10(11)13/h2*8-9H,7H2,1-6H3;4*7-9H,6H2,1-5H3/t;;4*9-/m..1100/s1. The molecule has 18 nitrogen and oxygen atoms in total. The van der Waals surface area contributed by atoms with Gasteiger partial charge in [-0.3, -0.25) is 0 Å². The van der Waals surface area contributed by atoms with Gasteiger partial charge in [0.25, 0.3) is 0 Å². The summed E-state index contributed by atoms with van der Waals surface area (Å²) in [7, 11) is 0. The van der Waals surface area contributed by atoms with E-state index in [1.807, 2.05) is 58.8 Å². The average molecular weight is 1130 g/mol. The van der Waals surface area contributed by atoms with Crippen molar-refractivity contribution in [3.05, 3.63) is 0 Å². The Kier molecular flexibility index (Phi) is 27.8. The molecular weight excluding hydrogens is 1010 g/mol. The van der Waals surface area contributed by atoms with Gasteiger partial charge in [-0.1, -0.05) is 0 Å². The molecule has 4 atom stereocenters. The summed E-state index contributed by atoms with van der Waals surface area (Å²) in [5, 5.41) is 0. The van der Waals surface area contributed by atoms with Crippen molar-refractivity contribution in [3.8, 4) is 0 Å². The highest BCUT2D eigenvalue weighted by atomic mass is 16.2. The van der Waals surface area contributed by atoms with E-state index < -0.39 is 0 Å². The van der Waals surface area contributed by atoms with E-state index in [0.717, 1.165) is 39.3 Å². The van der Waals surface area contributed by atoms with Crippen LogP contribution < -0.4 is 0 Å². The third-order valence-electron chi connectivity index (χ3n) is 15.9. The zero-order chi connectivity index (χ0) is 62.9. The predicted molar refractivity (Wildman–Crippen MR) is 331 cm³/mol.